The van der Waals surface area contributed by atoms with E-state index in [1.165, 1.54) is 13.8 Å². The van der Waals surface area contributed by atoms with Crippen LogP contribution in [0.15, 0.2) is 42.5 Å². The first-order chi connectivity index (χ1) is 14.7. The number of carbonyl (C=O) groups excluding carboxylic acids is 1. The molecule has 1 heterocycles. The summed E-state index contributed by atoms with van der Waals surface area (Å²) in [4.78, 5) is 14.6. The van der Waals surface area contributed by atoms with E-state index in [1.54, 1.807) is 28.8 Å². The Morgan fingerprint density at radius 2 is 2.03 bits per heavy atom. The molecule has 4 nitrogen and oxygen atoms in total. The van der Waals surface area contributed by atoms with E-state index in [0.29, 0.717) is 24.1 Å². The van der Waals surface area contributed by atoms with Crippen molar-refractivity contribution in [2.45, 2.75) is 58.2 Å². The molecule has 31 heavy (non-hydrogen) atoms. The summed E-state index contributed by atoms with van der Waals surface area (Å²) >= 11 is 1.78. The number of aliphatic hydroxyl groups is 1. The summed E-state index contributed by atoms with van der Waals surface area (Å²) in [7, 11) is 0. The fourth-order valence-electron chi connectivity index (χ4n) is 4.21. The average Bonchev–Trinajstić information content (AvgIpc) is 3.10. The largest absolute Gasteiger partial charge is 0.381 e. The Morgan fingerprint density at radius 1 is 1.29 bits per heavy atom. The van der Waals surface area contributed by atoms with Crippen molar-refractivity contribution < 1.29 is 14.3 Å². The van der Waals surface area contributed by atoms with Crippen LogP contribution in [0.25, 0.3) is 11.1 Å². The third-order valence-electron chi connectivity index (χ3n) is 5.82. The fraction of sp³-hybridized carbons (Fsp3) is 0.480. The quantitative estimate of drug-likeness (QED) is 0.469. The Labute approximate surface area is 189 Å². The highest BCUT2D eigenvalue weighted by Crippen LogP contribution is 2.30. The van der Waals surface area contributed by atoms with Gasteiger partial charge in [0.15, 0.2) is 0 Å². The molecular formula is C25H33FN2O2S. The number of halogens is 1. The second kappa shape index (κ2) is 10.2. The molecule has 168 valence electrons. The Morgan fingerprint density at radius 3 is 2.71 bits per heavy atom. The molecule has 0 spiro atoms. The van der Waals surface area contributed by atoms with Crippen LogP contribution < -0.4 is 5.32 Å². The first-order valence-corrected chi connectivity index (χ1v) is 12.1. The molecule has 0 aromatic heterocycles. The molecule has 1 fully saturated rings. The molecule has 2 aromatic carbocycles. The van der Waals surface area contributed by atoms with E-state index < -0.39 is 5.60 Å². The predicted octanol–water partition coefficient (Wildman–Crippen LogP) is 4.38. The highest BCUT2D eigenvalue weighted by molar-refractivity contribution is 7.99. The maximum absolute atomic E-state index is 15.6. The maximum Gasteiger partial charge on any atom is 0.254 e. The average molecular weight is 445 g/mol. The maximum atomic E-state index is 15.6. The van der Waals surface area contributed by atoms with E-state index in [1.807, 2.05) is 37.3 Å². The standard InChI is InChI=1S/C25H33FN2O2S/c1-5-31-16-27-21-12-13-28(24(29)25(3,4)30)22(21)15-19-10-7-11-20(23(19)26)18-9-6-8-17(2)14-18/h6-11,14,21-22,27,30H,5,12-13,15-16H2,1-4H3. The SMILES string of the molecule is CCSCNC1CCN(C(=O)C(C)(C)O)C1Cc1cccc(-c2cccc(C)c2)c1F. The number of carbonyl (C=O) groups is 1. The summed E-state index contributed by atoms with van der Waals surface area (Å²) in [5.74, 6) is 1.25. The smallest absolute Gasteiger partial charge is 0.254 e. The van der Waals surface area contributed by atoms with Crippen LogP contribution in [-0.4, -0.2) is 51.8 Å². The number of nitrogens with one attached hydrogen (secondary N) is 1. The highest BCUT2D eigenvalue weighted by Gasteiger charge is 2.41. The fourth-order valence-corrected chi connectivity index (χ4v) is 4.75. The van der Waals surface area contributed by atoms with Crippen molar-refractivity contribution in [3.8, 4) is 11.1 Å². The normalized spacial score (nSPS) is 19.1. The van der Waals surface area contributed by atoms with Gasteiger partial charge in [-0.2, -0.15) is 0 Å². The van der Waals surface area contributed by atoms with Crippen molar-refractivity contribution in [1.29, 1.82) is 0 Å². The van der Waals surface area contributed by atoms with Crippen LogP contribution >= 0.6 is 11.8 Å². The van der Waals surface area contributed by atoms with E-state index in [2.05, 4.69) is 12.2 Å². The number of amides is 1. The van der Waals surface area contributed by atoms with E-state index in [0.717, 1.165) is 29.2 Å². The van der Waals surface area contributed by atoms with E-state index in [4.69, 9.17) is 0 Å². The Hall–Kier alpha value is -1.89. The number of thioether (sulfide) groups is 1. The van der Waals surface area contributed by atoms with Gasteiger partial charge < -0.3 is 15.3 Å². The van der Waals surface area contributed by atoms with Crippen LogP contribution in [0.4, 0.5) is 4.39 Å². The van der Waals surface area contributed by atoms with Crippen molar-refractivity contribution in [2.75, 3.05) is 18.2 Å². The van der Waals surface area contributed by atoms with Crippen LogP contribution in [0.2, 0.25) is 0 Å². The number of benzene rings is 2. The first-order valence-electron chi connectivity index (χ1n) is 10.9. The van der Waals surface area contributed by atoms with Crippen LogP contribution in [0.1, 0.15) is 38.3 Å². The summed E-state index contributed by atoms with van der Waals surface area (Å²) in [6.45, 7) is 7.68. The van der Waals surface area contributed by atoms with Crippen LogP contribution in [0, 0.1) is 12.7 Å². The Kier molecular flexibility index (Phi) is 7.78. The van der Waals surface area contributed by atoms with Crippen LogP contribution in [-0.2, 0) is 11.2 Å². The summed E-state index contributed by atoms with van der Waals surface area (Å²) in [6, 6.07) is 13.2. The molecular weight excluding hydrogens is 411 g/mol. The third kappa shape index (κ3) is 5.68. The molecule has 1 saturated heterocycles. The van der Waals surface area contributed by atoms with Crippen molar-refractivity contribution in [3.05, 3.63) is 59.4 Å². The number of hydrogen-bond acceptors (Lipinski definition) is 4. The minimum absolute atomic E-state index is 0.0624. The number of hydrogen-bond donors (Lipinski definition) is 2. The van der Waals surface area contributed by atoms with Gasteiger partial charge in [0.1, 0.15) is 11.4 Å². The van der Waals surface area contributed by atoms with Gasteiger partial charge in [0.2, 0.25) is 0 Å². The van der Waals surface area contributed by atoms with Gasteiger partial charge in [-0.15, -0.1) is 11.8 Å². The van der Waals surface area contributed by atoms with Gasteiger partial charge in [-0.1, -0.05) is 55.0 Å². The van der Waals surface area contributed by atoms with Crippen molar-refractivity contribution >= 4 is 17.7 Å². The molecule has 3 rings (SSSR count). The van der Waals surface area contributed by atoms with Crippen LogP contribution in [0.5, 0.6) is 0 Å². The zero-order valence-electron chi connectivity index (χ0n) is 18.8. The topological polar surface area (TPSA) is 52.6 Å². The summed E-state index contributed by atoms with van der Waals surface area (Å²) in [5.41, 5.74) is 1.65. The lowest BCUT2D eigenvalue weighted by molar-refractivity contribution is -0.148. The molecule has 2 N–H and O–H groups in total. The van der Waals surface area contributed by atoms with E-state index in [9.17, 15) is 9.90 Å². The first kappa shape index (κ1) is 23.8. The van der Waals surface area contributed by atoms with Gasteiger partial charge in [0.05, 0.1) is 6.04 Å². The number of rotatable bonds is 8. The van der Waals surface area contributed by atoms with Crippen molar-refractivity contribution in [2.24, 2.45) is 0 Å². The second-order valence-corrected chi connectivity index (χ2v) is 9.99. The lowest BCUT2D eigenvalue weighted by Crippen LogP contribution is -2.52. The predicted molar refractivity (Wildman–Crippen MR) is 127 cm³/mol. The van der Waals surface area contributed by atoms with Gasteiger partial charge in [0, 0.05) is 24.0 Å². The minimum Gasteiger partial charge on any atom is -0.381 e. The molecule has 1 amide bonds. The van der Waals surface area contributed by atoms with E-state index in [-0.39, 0.29) is 23.8 Å². The summed E-state index contributed by atoms with van der Waals surface area (Å²) < 4.78 is 15.6. The van der Waals surface area contributed by atoms with Gasteiger partial charge >= 0.3 is 0 Å². The zero-order chi connectivity index (χ0) is 22.6. The molecule has 2 aromatic rings. The highest BCUT2D eigenvalue weighted by atomic mass is 32.2. The molecule has 2 atom stereocenters. The van der Waals surface area contributed by atoms with Crippen LogP contribution in [0.3, 0.4) is 0 Å². The molecule has 2 unspecified atom stereocenters. The van der Waals surface area contributed by atoms with Crippen molar-refractivity contribution in [3.63, 3.8) is 0 Å². The molecule has 0 radical (unpaired) electrons. The summed E-state index contributed by atoms with van der Waals surface area (Å²) in [6.07, 6.45) is 1.19. The zero-order valence-corrected chi connectivity index (χ0v) is 19.6. The van der Waals surface area contributed by atoms with Gasteiger partial charge in [0.25, 0.3) is 5.91 Å². The minimum atomic E-state index is -1.45. The third-order valence-corrected chi connectivity index (χ3v) is 6.60. The monoisotopic (exact) mass is 444 g/mol. The summed E-state index contributed by atoms with van der Waals surface area (Å²) in [5, 5.41) is 13.8. The Balaban J connectivity index is 1.90. The molecule has 1 aliphatic heterocycles. The molecule has 0 bridgehead atoms. The molecule has 1 aliphatic rings. The van der Waals surface area contributed by atoms with Gasteiger partial charge in [-0.05, 0) is 50.5 Å². The number of aryl methyl sites for hydroxylation is 1. The molecule has 0 aliphatic carbocycles. The second-order valence-electron chi connectivity index (χ2n) is 8.71. The van der Waals surface area contributed by atoms with Gasteiger partial charge in [-0.25, -0.2) is 4.39 Å². The lowest BCUT2D eigenvalue weighted by Gasteiger charge is -2.33. The lowest BCUT2D eigenvalue weighted by atomic mass is 9.94. The molecule has 0 saturated carbocycles. The van der Waals surface area contributed by atoms with Crippen molar-refractivity contribution in [1.82, 2.24) is 10.2 Å². The van der Waals surface area contributed by atoms with E-state index >= 15 is 4.39 Å². The number of nitrogens with zero attached hydrogens (tertiary/aromatic N) is 1. The Bertz CT molecular complexity index is 913. The number of likely N-dealkylation sites (tertiary alicyclic amines) is 1. The molecule has 6 heteroatoms. The van der Waals surface area contributed by atoms with Gasteiger partial charge in [-0.3, -0.25) is 4.79 Å².